The summed E-state index contributed by atoms with van der Waals surface area (Å²) in [6.45, 7) is 4.11. The highest BCUT2D eigenvalue weighted by Gasteiger charge is 2.18. The van der Waals surface area contributed by atoms with Gasteiger partial charge in [0.05, 0.1) is 4.90 Å². The van der Waals surface area contributed by atoms with Crippen LogP contribution in [0, 0.1) is 12.8 Å². The normalized spacial score (nSPS) is 18.2. The molecule has 1 saturated heterocycles. The smallest absolute Gasteiger partial charge is 0.249 e. The zero-order valence-corrected chi connectivity index (χ0v) is 14.8. The lowest BCUT2D eigenvalue weighted by atomic mass is 9.96. The number of sulfonamides is 1. The van der Waals surface area contributed by atoms with Crippen molar-refractivity contribution in [1.82, 2.24) is 10.0 Å². The van der Waals surface area contributed by atoms with Gasteiger partial charge in [-0.15, -0.1) is 12.4 Å². The second kappa shape index (κ2) is 8.63. The molecule has 1 aliphatic heterocycles. The highest BCUT2D eigenvalue weighted by Crippen LogP contribution is 2.16. The molecule has 130 valence electrons. The van der Waals surface area contributed by atoms with Crippen molar-refractivity contribution in [1.29, 1.82) is 0 Å². The van der Waals surface area contributed by atoms with Crippen LogP contribution < -0.4 is 15.8 Å². The van der Waals surface area contributed by atoms with Crippen LogP contribution in [0.3, 0.4) is 0 Å². The zero-order chi connectivity index (χ0) is 16.2. The first-order valence-electron chi connectivity index (χ1n) is 7.51. The summed E-state index contributed by atoms with van der Waals surface area (Å²) in [5, 5.41) is 3.31. The zero-order valence-electron chi connectivity index (χ0n) is 13.2. The van der Waals surface area contributed by atoms with Crippen LogP contribution in [0.4, 0.5) is 0 Å². The van der Waals surface area contributed by atoms with Gasteiger partial charge in [-0.1, -0.05) is 6.07 Å². The molecular formula is C15H24ClN3O3S. The van der Waals surface area contributed by atoms with Gasteiger partial charge in [0.1, 0.15) is 0 Å². The fourth-order valence-corrected chi connectivity index (χ4v) is 3.76. The van der Waals surface area contributed by atoms with E-state index in [1.165, 1.54) is 12.1 Å². The Morgan fingerprint density at radius 3 is 2.78 bits per heavy atom. The van der Waals surface area contributed by atoms with Crippen LogP contribution in [-0.2, 0) is 10.0 Å². The SMILES string of the molecule is Cc1ccc(S(=O)(=O)NCCC2CCCNC2)cc1C(N)=O.Cl. The molecule has 0 bridgehead atoms. The number of primary amides is 1. The van der Waals surface area contributed by atoms with E-state index in [-0.39, 0.29) is 22.9 Å². The topological polar surface area (TPSA) is 101 Å². The third-order valence-electron chi connectivity index (χ3n) is 4.03. The lowest BCUT2D eigenvalue weighted by Crippen LogP contribution is -2.33. The fraction of sp³-hybridized carbons (Fsp3) is 0.533. The second-order valence-corrected chi connectivity index (χ2v) is 7.51. The number of rotatable bonds is 6. The molecule has 1 aliphatic rings. The minimum atomic E-state index is -3.61. The average molecular weight is 362 g/mol. The Labute approximate surface area is 143 Å². The number of halogens is 1. The van der Waals surface area contributed by atoms with Crippen molar-refractivity contribution in [2.24, 2.45) is 11.7 Å². The number of piperidine rings is 1. The molecule has 1 heterocycles. The van der Waals surface area contributed by atoms with E-state index in [9.17, 15) is 13.2 Å². The molecule has 4 N–H and O–H groups in total. The molecule has 0 aliphatic carbocycles. The van der Waals surface area contributed by atoms with E-state index in [0.29, 0.717) is 18.0 Å². The summed E-state index contributed by atoms with van der Waals surface area (Å²) < 4.78 is 27.2. The Balaban J connectivity index is 0.00000264. The van der Waals surface area contributed by atoms with Gasteiger partial charge in [0, 0.05) is 12.1 Å². The highest BCUT2D eigenvalue weighted by atomic mass is 35.5. The van der Waals surface area contributed by atoms with Crippen molar-refractivity contribution in [3.05, 3.63) is 29.3 Å². The molecule has 6 nitrogen and oxygen atoms in total. The molecule has 1 aromatic rings. The van der Waals surface area contributed by atoms with Crippen LogP contribution in [0.1, 0.15) is 35.2 Å². The Bertz CT molecular complexity index is 643. The third kappa shape index (κ3) is 5.46. The Hall–Kier alpha value is -1.15. The molecule has 8 heteroatoms. The molecule has 0 spiro atoms. The van der Waals surface area contributed by atoms with E-state index in [1.807, 2.05) is 0 Å². The van der Waals surface area contributed by atoms with E-state index in [0.717, 1.165) is 32.4 Å². The van der Waals surface area contributed by atoms with Crippen molar-refractivity contribution in [2.45, 2.75) is 31.1 Å². The first kappa shape index (κ1) is 19.9. The minimum absolute atomic E-state index is 0. The number of amides is 1. The summed E-state index contributed by atoms with van der Waals surface area (Å²) >= 11 is 0. The number of hydrogen-bond acceptors (Lipinski definition) is 4. The van der Waals surface area contributed by atoms with Gasteiger partial charge in [0.25, 0.3) is 0 Å². The fourth-order valence-electron chi connectivity index (χ4n) is 2.68. The first-order chi connectivity index (χ1) is 10.4. The van der Waals surface area contributed by atoms with E-state index in [1.54, 1.807) is 13.0 Å². The van der Waals surface area contributed by atoms with Crippen LogP contribution in [0.25, 0.3) is 0 Å². The molecular weight excluding hydrogens is 338 g/mol. The van der Waals surface area contributed by atoms with Gasteiger partial charge in [0.2, 0.25) is 15.9 Å². The van der Waals surface area contributed by atoms with Crippen molar-refractivity contribution >= 4 is 28.3 Å². The minimum Gasteiger partial charge on any atom is -0.366 e. The van der Waals surface area contributed by atoms with Crippen LogP contribution >= 0.6 is 12.4 Å². The lowest BCUT2D eigenvalue weighted by molar-refractivity contribution is 0.0999. The largest absolute Gasteiger partial charge is 0.366 e. The van der Waals surface area contributed by atoms with Gasteiger partial charge < -0.3 is 11.1 Å². The van der Waals surface area contributed by atoms with E-state index in [4.69, 9.17) is 5.73 Å². The first-order valence-corrected chi connectivity index (χ1v) is 8.99. The summed E-state index contributed by atoms with van der Waals surface area (Å²) in [7, 11) is -3.61. The standard InChI is InChI=1S/C15H23N3O3S.ClH/c1-11-4-5-13(9-14(11)15(16)19)22(20,21)18-8-6-12-3-2-7-17-10-12;/h4-5,9,12,17-18H,2-3,6-8,10H2,1H3,(H2,16,19);1H. The number of aryl methyl sites for hydroxylation is 1. The Morgan fingerprint density at radius 1 is 1.43 bits per heavy atom. The van der Waals surface area contributed by atoms with Gasteiger partial charge >= 0.3 is 0 Å². The van der Waals surface area contributed by atoms with Gasteiger partial charge in [-0.25, -0.2) is 13.1 Å². The van der Waals surface area contributed by atoms with Gasteiger partial charge in [-0.3, -0.25) is 4.79 Å². The van der Waals surface area contributed by atoms with Crippen molar-refractivity contribution in [3.8, 4) is 0 Å². The van der Waals surface area contributed by atoms with E-state index < -0.39 is 15.9 Å². The van der Waals surface area contributed by atoms with E-state index >= 15 is 0 Å². The number of carbonyl (C=O) groups excluding carboxylic acids is 1. The Morgan fingerprint density at radius 2 is 2.17 bits per heavy atom. The maximum Gasteiger partial charge on any atom is 0.249 e. The number of carbonyl (C=O) groups is 1. The molecule has 0 radical (unpaired) electrons. The maximum atomic E-state index is 12.3. The summed E-state index contributed by atoms with van der Waals surface area (Å²) in [5.41, 5.74) is 6.17. The molecule has 2 rings (SSSR count). The average Bonchev–Trinajstić information content (AvgIpc) is 2.48. The lowest BCUT2D eigenvalue weighted by Gasteiger charge is -2.22. The van der Waals surface area contributed by atoms with Crippen LogP contribution in [-0.4, -0.2) is 34.0 Å². The van der Waals surface area contributed by atoms with Crippen LogP contribution in [0.2, 0.25) is 0 Å². The predicted octanol–water partition coefficient (Wildman–Crippen LogP) is 1.18. The van der Waals surface area contributed by atoms with Gasteiger partial charge in [-0.2, -0.15) is 0 Å². The van der Waals surface area contributed by atoms with Crippen molar-refractivity contribution in [2.75, 3.05) is 19.6 Å². The molecule has 0 saturated carbocycles. The van der Waals surface area contributed by atoms with Crippen molar-refractivity contribution in [3.63, 3.8) is 0 Å². The molecule has 0 aromatic heterocycles. The Kier molecular flexibility index (Phi) is 7.47. The van der Waals surface area contributed by atoms with Crippen molar-refractivity contribution < 1.29 is 13.2 Å². The monoisotopic (exact) mass is 361 g/mol. The summed E-state index contributed by atoms with van der Waals surface area (Å²) in [4.78, 5) is 11.4. The molecule has 1 unspecified atom stereocenters. The summed E-state index contributed by atoms with van der Waals surface area (Å²) in [6, 6.07) is 4.42. The third-order valence-corrected chi connectivity index (χ3v) is 5.49. The quantitative estimate of drug-likeness (QED) is 0.708. The molecule has 1 amide bonds. The molecule has 1 aromatic carbocycles. The van der Waals surface area contributed by atoms with Crippen LogP contribution in [0.5, 0.6) is 0 Å². The predicted molar refractivity (Wildman–Crippen MR) is 92.3 cm³/mol. The second-order valence-electron chi connectivity index (χ2n) is 5.74. The van der Waals surface area contributed by atoms with E-state index in [2.05, 4.69) is 10.0 Å². The number of hydrogen-bond donors (Lipinski definition) is 3. The highest BCUT2D eigenvalue weighted by molar-refractivity contribution is 7.89. The number of nitrogens with two attached hydrogens (primary N) is 1. The summed E-state index contributed by atoms with van der Waals surface area (Å²) in [6.07, 6.45) is 3.07. The molecule has 1 atom stereocenters. The summed E-state index contributed by atoms with van der Waals surface area (Å²) in [5.74, 6) is -0.113. The van der Waals surface area contributed by atoms with Gasteiger partial charge in [0.15, 0.2) is 0 Å². The molecule has 1 fully saturated rings. The number of nitrogens with one attached hydrogen (secondary N) is 2. The van der Waals surface area contributed by atoms with Gasteiger partial charge in [-0.05, 0) is 62.9 Å². The maximum absolute atomic E-state index is 12.3. The number of benzene rings is 1. The van der Waals surface area contributed by atoms with Crippen LogP contribution in [0.15, 0.2) is 23.1 Å². The molecule has 23 heavy (non-hydrogen) atoms.